The summed E-state index contributed by atoms with van der Waals surface area (Å²) in [6.07, 6.45) is 3.67. The summed E-state index contributed by atoms with van der Waals surface area (Å²) in [6.45, 7) is 8.54. The van der Waals surface area contributed by atoms with Gasteiger partial charge in [-0.3, -0.25) is 4.40 Å². The van der Waals surface area contributed by atoms with Gasteiger partial charge in [-0.1, -0.05) is 35.6 Å². The number of rotatable bonds is 4. The minimum Gasteiger partial charge on any atom is -0.462 e. The number of hydrogen-bond donors (Lipinski definition) is 0. The Morgan fingerprint density at radius 1 is 1.14 bits per heavy atom. The van der Waals surface area contributed by atoms with Crippen molar-refractivity contribution < 1.29 is 19.1 Å². The first-order valence-corrected chi connectivity index (χ1v) is 12.7. The van der Waals surface area contributed by atoms with E-state index in [0.29, 0.717) is 18.7 Å². The van der Waals surface area contributed by atoms with Crippen LogP contribution in [0.1, 0.15) is 62.5 Å². The molecule has 35 heavy (non-hydrogen) atoms. The monoisotopic (exact) mass is 491 g/mol. The average Bonchev–Trinajstić information content (AvgIpc) is 3.52. The molecule has 8 heteroatoms. The first kappa shape index (κ1) is 23.4. The van der Waals surface area contributed by atoms with Gasteiger partial charge in [0.05, 0.1) is 34.1 Å². The van der Waals surface area contributed by atoms with Gasteiger partial charge in [0, 0.05) is 18.3 Å². The lowest BCUT2D eigenvalue weighted by atomic mass is 10.0. The molecule has 0 N–H and O–H groups in total. The summed E-state index contributed by atoms with van der Waals surface area (Å²) in [4.78, 5) is 32.2. The quantitative estimate of drug-likeness (QED) is 0.306. The fourth-order valence-corrected chi connectivity index (χ4v) is 5.56. The van der Waals surface area contributed by atoms with Gasteiger partial charge in [0.2, 0.25) is 0 Å². The van der Waals surface area contributed by atoms with Crippen LogP contribution in [0.2, 0.25) is 0 Å². The Morgan fingerprint density at radius 2 is 1.91 bits per heavy atom. The lowest BCUT2D eigenvalue weighted by molar-refractivity contribution is 0.0224. The van der Waals surface area contributed by atoms with Crippen LogP contribution in [-0.4, -0.2) is 45.1 Å². The van der Waals surface area contributed by atoms with E-state index in [1.54, 1.807) is 24.3 Å². The predicted octanol–water partition coefficient (Wildman–Crippen LogP) is 6.46. The van der Waals surface area contributed by atoms with Crippen molar-refractivity contribution in [2.24, 2.45) is 0 Å². The summed E-state index contributed by atoms with van der Waals surface area (Å²) in [5, 5.41) is 0. The third kappa shape index (κ3) is 4.62. The van der Waals surface area contributed by atoms with Crippen LogP contribution in [0.15, 0.2) is 48.7 Å². The van der Waals surface area contributed by atoms with Gasteiger partial charge in [0.1, 0.15) is 5.60 Å². The number of nitrogens with zero attached hydrogens (tertiary/aromatic N) is 3. The number of imidazole rings is 1. The third-order valence-corrected chi connectivity index (χ3v) is 7.09. The normalized spacial score (nSPS) is 16.2. The van der Waals surface area contributed by atoms with Crippen molar-refractivity contribution in [1.82, 2.24) is 14.3 Å². The van der Waals surface area contributed by atoms with Crippen molar-refractivity contribution in [2.75, 3.05) is 13.2 Å². The Hall–Kier alpha value is -3.39. The molecule has 182 valence electrons. The molecule has 1 unspecified atom stereocenters. The zero-order valence-electron chi connectivity index (χ0n) is 20.4. The van der Waals surface area contributed by atoms with E-state index in [9.17, 15) is 9.59 Å². The molecule has 3 heterocycles. The molecule has 1 atom stereocenters. The van der Waals surface area contributed by atoms with Gasteiger partial charge in [0.25, 0.3) is 0 Å². The van der Waals surface area contributed by atoms with Gasteiger partial charge >= 0.3 is 12.1 Å². The number of carbonyl (C=O) groups excluding carboxylic acids is 2. The first-order chi connectivity index (χ1) is 16.7. The number of likely N-dealkylation sites (tertiary alicyclic amines) is 1. The molecule has 4 aromatic rings. The molecule has 5 rings (SSSR count). The largest absolute Gasteiger partial charge is 0.462 e. The Balaban J connectivity index is 1.38. The summed E-state index contributed by atoms with van der Waals surface area (Å²) in [5.74, 6) is -0.311. The Kier molecular flexibility index (Phi) is 6.01. The highest BCUT2D eigenvalue weighted by atomic mass is 32.1. The summed E-state index contributed by atoms with van der Waals surface area (Å²) in [5.41, 5.74) is 4.05. The number of thiazole rings is 1. The molecule has 1 aliphatic heterocycles. The first-order valence-electron chi connectivity index (χ1n) is 11.9. The van der Waals surface area contributed by atoms with E-state index in [1.165, 1.54) is 0 Å². The van der Waals surface area contributed by atoms with Crippen LogP contribution in [0.4, 0.5) is 4.79 Å². The third-order valence-electron chi connectivity index (χ3n) is 6.08. The van der Waals surface area contributed by atoms with Crippen molar-refractivity contribution in [3.05, 3.63) is 59.8 Å². The molecule has 0 bridgehead atoms. The van der Waals surface area contributed by atoms with E-state index in [0.717, 1.165) is 44.8 Å². The maximum atomic E-state index is 12.7. The lowest BCUT2D eigenvalue weighted by Crippen LogP contribution is -2.36. The van der Waals surface area contributed by atoms with Crippen molar-refractivity contribution >= 4 is 38.6 Å². The molecule has 7 nitrogen and oxygen atoms in total. The maximum absolute atomic E-state index is 12.7. The van der Waals surface area contributed by atoms with Crippen molar-refractivity contribution in [3.63, 3.8) is 0 Å². The van der Waals surface area contributed by atoms with E-state index >= 15 is 0 Å². The fraction of sp³-hybridized carbons (Fsp3) is 0.370. The SMILES string of the molecule is CCOC(=O)c1ccc2c(c1)sc1nc(-c3ccc(C4CCCN4C(=O)OC(C)(C)C)cc3)cn12. The van der Waals surface area contributed by atoms with E-state index in [-0.39, 0.29) is 18.1 Å². The number of carbonyl (C=O) groups is 2. The van der Waals surface area contributed by atoms with E-state index in [2.05, 4.69) is 28.7 Å². The average molecular weight is 492 g/mol. The molecule has 2 aromatic carbocycles. The summed E-state index contributed by atoms with van der Waals surface area (Å²) in [6, 6.07) is 13.9. The second kappa shape index (κ2) is 9.00. The van der Waals surface area contributed by atoms with Crippen molar-refractivity contribution in [2.45, 2.75) is 52.2 Å². The minimum atomic E-state index is -0.507. The van der Waals surface area contributed by atoms with Crippen LogP contribution < -0.4 is 0 Å². The van der Waals surface area contributed by atoms with Gasteiger partial charge in [-0.2, -0.15) is 0 Å². The molecule has 0 saturated carbocycles. The van der Waals surface area contributed by atoms with Crippen molar-refractivity contribution in [1.29, 1.82) is 0 Å². The summed E-state index contributed by atoms with van der Waals surface area (Å²) >= 11 is 1.54. The van der Waals surface area contributed by atoms with E-state index < -0.39 is 5.60 Å². The van der Waals surface area contributed by atoms with Gasteiger partial charge in [-0.25, -0.2) is 14.6 Å². The van der Waals surface area contributed by atoms with Crippen LogP contribution in [0.5, 0.6) is 0 Å². The van der Waals surface area contributed by atoms with Gasteiger partial charge in [-0.15, -0.1) is 0 Å². The highest BCUT2D eigenvalue weighted by Gasteiger charge is 2.33. The number of hydrogen-bond acceptors (Lipinski definition) is 6. The molecule has 1 aliphatic rings. The molecule has 1 amide bonds. The fourth-order valence-electron chi connectivity index (χ4n) is 4.51. The standard InChI is InChI=1S/C27H29N3O4S/c1-5-33-24(31)19-12-13-22-23(15-19)35-25-28-20(16-30(22)25)17-8-10-18(11-9-17)21-7-6-14-29(21)26(32)34-27(2,3)4/h8-13,15-16,21H,5-7,14H2,1-4H3. The number of benzene rings is 2. The zero-order chi connectivity index (χ0) is 24.7. The van der Waals surface area contributed by atoms with Crippen LogP contribution in [0.25, 0.3) is 26.4 Å². The molecule has 1 fully saturated rings. The molecule has 0 spiro atoms. The summed E-state index contributed by atoms with van der Waals surface area (Å²) < 4.78 is 13.8. The number of fused-ring (bicyclic) bond motifs is 3. The van der Waals surface area contributed by atoms with Gasteiger partial charge in [-0.05, 0) is 64.3 Å². The zero-order valence-corrected chi connectivity index (χ0v) is 21.2. The second-order valence-corrected chi connectivity index (χ2v) is 10.7. The Labute approximate surface area is 208 Å². The van der Waals surface area contributed by atoms with Gasteiger partial charge < -0.3 is 14.4 Å². The predicted molar refractivity (Wildman–Crippen MR) is 137 cm³/mol. The second-order valence-electron chi connectivity index (χ2n) is 9.74. The highest BCUT2D eigenvalue weighted by molar-refractivity contribution is 7.23. The van der Waals surface area contributed by atoms with E-state index in [4.69, 9.17) is 14.5 Å². The molecule has 0 aliphatic carbocycles. The molecular formula is C27H29N3O4S. The summed E-state index contributed by atoms with van der Waals surface area (Å²) in [7, 11) is 0. The lowest BCUT2D eigenvalue weighted by Gasteiger charge is -2.28. The number of esters is 1. The molecular weight excluding hydrogens is 462 g/mol. The smallest absolute Gasteiger partial charge is 0.410 e. The maximum Gasteiger partial charge on any atom is 0.410 e. The van der Waals surface area contributed by atoms with Crippen LogP contribution in [0, 0.1) is 0 Å². The van der Waals surface area contributed by atoms with Crippen LogP contribution >= 0.6 is 11.3 Å². The minimum absolute atomic E-state index is 0.0296. The van der Waals surface area contributed by atoms with Gasteiger partial charge in [0.15, 0.2) is 4.96 Å². The topological polar surface area (TPSA) is 73.1 Å². The number of ether oxygens (including phenoxy) is 2. The number of aromatic nitrogens is 2. The number of amides is 1. The Morgan fingerprint density at radius 3 is 2.63 bits per heavy atom. The van der Waals surface area contributed by atoms with Crippen molar-refractivity contribution in [3.8, 4) is 11.3 Å². The molecule has 0 radical (unpaired) electrons. The molecule has 2 aromatic heterocycles. The molecule has 1 saturated heterocycles. The van der Waals surface area contributed by atoms with Crippen LogP contribution in [0.3, 0.4) is 0 Å². The van der Waals surface area contributed by atoms with Crippen LogP contribution in [-0.2, 0) is 9.47 Å². The Bertz CT molecular complexity index is 1400. The highest BCUT2D eigenvalue weighted by Crippen LogP contribution is 2.35. The van der Waals surface area contributed by atoms with E-state index in [1.807, 2.05) is 44.0 Å².